The summed E-state index contributed by atoms with van der Waals surface area (Å²) >= 11 is 0. The Morgan fingerprint density at radius 3 is 2.23 bits per heavy atom. The molecule has 0 bridgehead atoms. The van der Waals surface area contributed by atoms with Gasteiger partial charge < -0.3 is 15.1 Å². The van der Waals surface area contributed by atoms with Crippen molar-refractivity contribution in [2.24, 2.45) is 0 Å². The van der Waals surface area contributed by atoms with Gasteiger partial charge in [0.1, 0.15) is 5.75 Å². The largest absolute Gasteiger partial charge is 0.508 e. The zero-order chi connectivity index (χ0) is 24.4. The summed E-state index contributed by atoms with van der Waals surface area (Å²) in [5, 5.41) is 21.0. The normalized spacial score (nSPS) is 17.9. The lowest BCUT2D eigenvalue weighted by atomic mass is 9.93. The number of amides is 1. The molecular formula is C29H28N2O4. The minimum Gasteiger partial charge on any atom is -0.508 e. The molecule has 3 aromatic rings. The van der Waals surface area contributed by atoms with Crippen LogP contribution in [-0.4, -0.2) is 35.0 Å². The average Bonchev–Trinajstić information content (AvgIpc) is 3.51. The maximum Gasteiger partial charge on any atom is 0.294 e. The number of aliphatic hydroxyl groups excluding tert-OH is 1. The van der Waals surface area contributed by atoms with Crippen LogP contribution in [0.4, 0.5) is 11.4 Å². The summed E-state index contributed by atoms with van der Waals surface area (Å²) in [5.41, 5.74) is 3.31. The second kappa shape index (κ2) is 9.66. The number of hydrogen-bond acceptors (Lipinski definition) is 5. The summed E-state index contributed by atoms with van der Waals surface area (Å²) < 4.78 is 0. The van der Waals surface area contributed by atoms with Gasteiger partial charge in [0, 0.05) is 30.9 Å². The quantitative estimate of drug-likeness (QED) is 0.505. The predicted molar refractivity (Wildman–Crippen MR) is 136 cm³/mol. The van der Waals surface area contributed by atoms with Crippen molar-refractivity contribution in [1.29, 1.82) is 0 Å². The third-order valence-corrected chi connectivity index (χ3v) is 6.78. The number of Topliss-reactive ketones (excluding diaryl/α,β-unsaturated/α-hetero) is 1. The standard InChI is InChI=1S/C29H28N2O4/c32-24-10-6-9-21(19-24)27-26(25(33)16-11-20-7-2-1-3-8-20)28(34)29(35)31(27)23-14-12-22(13-15-23)30-17-4-5-18-30/h1-3,6-10,12-15,19,27,32,34H,4-5,11,16-18H2. The van der Waals surface area contributed by atoms with Crippen LogP contribution in [0.1, 0.15) is 36.4 Å². The summed E-state index contributed by atoms with van der Waals surface area (Å²) in [6, 6.07) is 23.0. The number of nitrogens with zero attached hydrogens (tertiary/aromatic N) is 2. The van der Waals surface area contributed by atoms with E-state index in [0.717, 1.165) is 37.2 Å². The second-order valence-electron chi connectivity index (χ2n) is 9.05. The molecule has 1 amide bonds. The predicted octanol–water partition coefficient (Wildman–Crippen LogP) is 5.09. The lowest BCUT2D eigenvalue weighted by Crippen LogP contribution is -2.31. The molecular weight excluding hydrogens is 440 g/mol. The summed E-state index contributed by atoms with van der Waals surface area (Å²) in [6.07, 6.45) is 2.99. The van der Waals surface area contributed by atoms with E-state index in [1.54, 1.807) is 12.1 Å². The van der Waals surface area contributed by atoms with Crippen molar-refractivity contribution in [2.75, 3.05) is 22.9 Å². The molecule has 35 heavy (non-hydrogen) atoms. The van der Waals surface area contributed by atoms with E-state index in [9.17, 15) is 19.8 Å². The number of ketones is 1. The number of hydrogen-bond donors (Lipinski definition) is 2. The fraction of sp³-hybridized carbons (Fsp3) is 0.241. The molecule has 2 aliphatic rings. The van der Waals surface area contributed by atoms with E-state index in [1.165, 1.54) is 17.0 Å². The van der Waals surface area contributed by atoms with E-state index in [0.29, 0.717) is 17.7 Å². The minimum absolute atomic E-state index is 0.0294. The maximum absolute atomic E-state index is 13.4. The third kappa shape index (κ3) is 4.52. The number of aliphatic hydroxyl groups is 1. The van der Waals surface area contributed by atoms with Crippen molar-refractivity contribution >= 4 is 23.1 Å². The highest BCUT2D eigenvalue weighted by atomic mass is 16.3. The molecule has 0 spiro atoms. The molecule has 0 aromatic heterocycles. The van der Waals surface area contributed by atoms with Crippen molar-refractivity contribution in [3.05, 3.63) is 101 Å². The first-order valence-electron chi connectivity index (χ1n) is 12.0. The molecule has 2 N–H and O–H groups in total. The van der Waals surface area contributed by atoms with Gasteiger partial charge in [0.25, 0.3) is 5.91 Å². The molecule has 1 saturated heterocycles. The van der Waals surface area contributed by atoms with Crippen LogP contribution in [0.5, 0.6) is 5.75 Å². The number of aryl methyl sites for hydroxylation is 1. The van der Waals surface area contributed by atoms with Crippen molar-refractivity contribution in [2.45, 2.75) is 31.7 Å². The minimum atomic E-state index is -0.824. The van der Waals surface area contributed by atoms with E-state index in [2.05, 4.69) is 4.90 Å². The van der Waals surface area contributed by atoms with Crippen molar-refractivity contribution in [1.82, 2.24) is 0 Å². The summed E-state index contributed by atoms with van der Waals surface area (Å²) in [4.78, 5) is 30.4. The number of rotatable bonds is 7. The fourth-order valence-electron chi connectivity index (χ4n) is 5.00. The second-order valence-corrected chi connectivity index (χ2v) is 9.05. The van der Waals surface area contributed by atoms with Crippen LogP contribution in [-0.2, 0) is 16.0 Å². The number of carbonyl (C=O) groups excluding carboxylic acids is 2. The van der Waals surface area contributed by atoms with Crippen LogP contribution >= 0.6 is 0 Å². The van der Waals surface area contributed by atoms with E-state index >= 15 is 0 Å². The lowest BCUT2D eigenvalue weighted by Gasteiger charge is -2.28. The van der Waals surface area contributed by atoms with Gasteiger partial charge in [0.05, 0.1) is 11.6 Å². The van der Waals surface area contributed by atoms with Crippen molar-refractivity contribution in [3.8, 4) is 5.75 Å². The Morgan fingerprint density at radius 2 is 1.54 bits per heavy atom. The molecule has 6 heteroatoms. The Morgan fingerprint density at radius 1 is 0.857 bits per heavy atom. The Hall–Kier alpha value is -4.06. The maximum atomic E-state index is 13.4. The molecule has 1 unspecified atom stereocenters. The fourth-order valence-corrected chi connectivity index (χ4v) is 5.00. The van der Waals surface area contributed by atoms with Gasteiger partial charge in [-0.2, -0.15) is 0 Å². The Kier molecular flexibility index (Phi) is 6.27. The molecule has 1 atom stereocenters. The summed E-state index contributed by atoms with van der Waals surface area (Å²) in [7, 11) is 0. The SMILES string of the molecule is O=C(CCc1ccccc1)C1=C(O)C(=O)N(c2ccc(N3CCCC3)cc2)C1c1cccc(O)c1. The smallest absolute Gasteiger partial charge is 0.294 e. The molecule has 178 valence electrons. The van der Waals surface area contributed by atoms with Crippen LogP contribution in [0, 0.1) is 0 Å². The molecule has 0 saturated carbocycles. The first kappa shape index (κ1) is 22.7. The average molecular weight is 469 g/mol. The lowest BCUT2D eigenvalue weighted by molar-refractivity contribution is -0.118. The van der Waals surface area contributed by atoms with Gasteiger partial charge in [0.2, 0.25) is 0 Å². The number of aromatic hydroxyl groups is 1. The van der Waals surface area contributed by atoms with Gasteiger partial charge >= 0.3 is 0 Å². The van der Waals surface area contributed by atoms with E-state index in [1.807, 2.05) is 54.6 Å². The highest BCUT2D eigenvalue weighted by Gasteiger charge is 2.44. The highest BCUT2D eigenvalue weighted by molar-refractivity contribution is 6.16. The highest BCUT2D eigenvalue weighted by Crippen LogP contribution is 2.42. The number of carbonyl (C=O) groups is 2. The van der Waals surface area contributed by atoms with E-state index in [-0.39, 0.29) is 23.5 Å². The summed E-state index contributed by atoms with van der Waals surface area (Å²) in [6.45, 7) is 2.02. The first-order chi connectivity index (χ1) is 17.0. The van der Waals surface area contributed by atoms with Gasteiger partial charge in [-0.25, -0.2) is 0 Å². The van der Waals surface area contributed by atoms with Crippen LogP contribution in [0.2, 0.25) is 0 Å². The molecule has 1 fully saturated rings. The van der Waals surface area contributed by atoms with Crippen LogP contribution in [0.15, 0.2) is 90.2 Å². The Balaban J connectivity index is 1.48. The van der Waals surface area contributed by atoms with Gasteiger partial charge in [-0.05, 0) is 66.8 Å². The zero-order valence-electron chi connectivity index (χ0n) is 19.4. The number of anilines is 2. The third-order valence-electron chi connectivity index (χ3n) is 6.78. The molecule has 6 nitrogen and oxygen atoms in total. The topological polar surface area (TPSA) is 81.1 Å². The number of phenols is 1. The number of phenolic OH excluding ortho intramolecular Hbond substituents is 1. The first-order valence-corrected chi connectivity index (χ1v) is 12.0. The monoisotopic (exact) mass is 468 g/mol. The van der Waals surface area contributed by atoms with Gasteiger partial charge in [-0.15, -0.1) is 0 Å². The molecule has 0 radical (unpaired) electrons. The molecule has 0 aliphatic carbocycles. The molecule has 5 rings (SSSR count). The van der Waals surface area contributed by atoms with Gasteiger partial charge in [-0.1, -0.05) is 42.5 Å². The molecule has 2 heterocycles. The van der Waals surface area contributed by atoms with Crippen molar-refractivity contribution in [3.63, 3.8) is 0 Å². The van der Waals surface area contributed by atoms with E-state index < -0.39 is 17.7 Å². The summed E-state index contributed by atoms with van der Waals surface area (Å²) in [5.74, 6) is -1.40. The van der Waals surface area contributed by atoms with Crippen LogP contribution < -0.4 is 9.80 Å². The zero-order valence-corrected chi connectivity index (χ0v) is 19.4. The van der Waals surface area contributed by atoms with Crippen LogP contribution in [0.25, 0.3) is 0 Å². The molecule has 2 aliphatic heterocycles. The Bertz CT molecular complexity index is 1260. The van der Waals surface area contributed by atoms with Gasteiger partial charge in [0.15, 0.2) is 11.5 Å². The Labute approximate surface area is 204 Å². The van der Waals surface area contributed by atoms with E-state index in [4.69, 9.17) is 0 Å². The van der Waals surface area contributed by atoms with Crippen molar-refractivity contribution < 1.29 is 19.8 Å². The van der Waals surface area contributed by atoms with Gasteiger partial charge in [-0.3, -0.25) is 14.5 Å². The van der Waals surface area contributed by atoms with Crippen LogP contribution in [0.3, 0.4) is 0 Å². The number of benzene rings is 3. The molecule has 3 aromatic carbocycles.